The molecule has 0 aromatic heterocycles. The van der Waals surface area contributed by atoms with Crippen LogP contribution in [0.3, 0.4) is 0 Å². The molecule has 1 aliphatic heterocycles. The normalized spacial score (nSPS) is 24.8. The van der Waals surface area contributed by atoms with Gasteiger partial charge >= 0.3 is 0 Å². The predicted octanol–water partition coefficient (Wildman–Crippen LogP) is 1.62. The molecule has 0 saturated carbocycles. The summed E-state index contributed by atoms with van der Waals surface area (Å²) in [5.74, 6) is 0. The van der Waals surface area contributed by atoms with Gasteiger partial charge in [0.05, 0.1) is 11.7 Å². The van der Waals surface area contributed by atoms with E-state index in [1.807, 2.05) is 0 Å². The first-order valence-corrected chi connectivity index (χ1v) is 6.23. The molecule has 1 heterocycles. The Hall–Kier alpha value is -0.900. The Balaban J connectivity index is 2.01. The molecule has 1 aromatic carbocycles. The van der Waals surface area contributed by atoms with Crippen LogP contribution in [0.2, 0.25) is 0 Å². The summed E-state index contributed by atoms with van der Waals surface area (Å²) in [6, 6.07) is 10.6. The minimum atomic E-state index is -0.100. The van der Waals surface area contributed by atoms with Gasteiger partial charge in [0, 0.05) is 26.2 Å². The van der Waals surface area contributed by atoms with Crippen molar-refractivity contribution in [3.8, 4) is 0 Å². The highest BCUT2D eigenvalue weighted by Gasteiger charge is 2.32. The second kappa shape index (κ2) is 5.17. The van der Waals surface area contributed by atoms with Crippen molar-refractivity contribution in [2.75, 3.05) is 19.6 Å². The van der Waals surface area contributed by atoms with Crippen LogP contribution in [-0.2, 0) is 11.3 Å². The molecule has 1 fully saturated rings. The standard InChI is InChI=1S/C14H22N2O/c1-14(2)11-16(10-13(8-15)17-14)9-12-6-4-3-5-7-12/h3-7,13H,8-11,15H2,1-2H3. The van der Waals surface area contributed by atoms with E-state index >= 15 is 0 Å². The van der Waals surface area contributed by atoms with Crippen molar-refractivity contribution in [2.24, 2.45) is 5.73 Å². The lowest BCUT2D eigenvalue weighted by Crippen LogP contribution is -2.54. The fourth-order valence-corrected chi connectivity index (χ4v) is 2.50. The highest BCUT2D eigenvalue weighted by atomic mass is 16.5. The van der Waals surface area contributed by atoms with Gasteiger partial charge in [-0.2, -0.15) is 0 Å². The van der Waals surface area contributed by atoms with E-state index in [0.717, 1.165) is 19.6 Å². The summed E-state index contributed by atoms with van der Waals surface area (Å²) >= 11 is 0. The molecule has 0 radical (unpaired) electrons. The van der Waals surface area contributed by atoms with Crippen molar-refractivity contribution >= 4 is 0 Å². The van der Waals surface area contributed by atoms with E-state index in [-0.39, 0.29) is 11.7 Å². The Labute approximate surface area is 104 Å². The first kappa shape index (κ1) is 12.6. The molecule has 3 nitrogen and oxygen atoms in total. The lowest BCUT2D eigenvalue weighted by molar-refractivity contribution is -0.133. The number of nitrogens with zero attached hydrogens (tertiary/aromatic N) is 1. The lowest BCUT2D eigenvalue weighted by atomic mass is 10.0. The monoisotopic (exact) mass is 234 g/mol. The van der Waals surface area contributed by atoms with E-state index in [4.69, 9.17) is 10.5 Å². The second-order valence-corrected chi connectivity index (χ2v) is 5.39. The number of morpholine rings is 1. The number of rotatable bonds is 3. The van der Waals surface area contributed by atoms with E-state index < -0.39 is 0 Å². The van der Waals surface area contributed by atoms with Gasteiger partial charge in [-0.15, -0.1) is 0 Å². The van der Waals surface area contributed by atoms with Crippen LogP contribution < -0.4 is 5.73 Å². The van der Waals surface area contributed by atoms with Gasteiger partial charge in [-0.3, -0.25) is 4.90 Å². The summed E-state index contributed by atoms with van der Waals surface area (Å²) in [6.07, 6.45) is 0.155. The van der Waals surface area contributed by atoms with Crippen LogP contribution in [-0.4, -0.2) is 36.2 Å². The Morgan fingerprint density at radius 3 is 2.71 bits per heavy atom. The molecule has 1 saturated heterocycles. The fraction of sp³-hybridized carbons (Fsp3) is 0.571. The zero-order chi connectivity index (χ0) is 12.3. The first-order chi connectivity index (χ1) is 8.09. The van der Waals surface area contributed by atoms with Gasteiger partial charge in [0.2, 0.25) is 0 Å². The maximum Gasteiger partial charge on any atom is 0.0831 e. The summed E-state index contributed by atoms with van der Waals surface area (Å²) in [4.78, 5) is 2.43. The Morgan fingerprint density at radius 1 is 1.35 bits per heavy atom. The average Bonchev–Trinajstić information content (AvgIpc) is 2.28. The molecule has 0 amide bonds. The van der Waals surface area contributed by atoms with Gasteiger partial charge in [0.25, 0.3) is 0 Å². The van der Waals surface area contributed by atoms with Crippen molar-refractivity contribution in [2.45, 2.75) is 32.1 Å². The molecule has 3 heteroatoms. The van der Waals surface area contributed by atoms with E-state index in [1.165, 1.54) is 5.56 Å². The molecule has 2 rings (SSSR count). The molecule has 1 aromatic rings. The Kier molecular flexibility index (Phi) is 3.82. The smallest absolute Gasteiger partial charge is 0.0831 e. The maximum absolute atomic E-state index is 5.92. The average molecular weight is 234 g/mol. The second-order valence-electron chi connectivity index (χ2n) is 5.39. The molecule has 2 N–H and O–H groups in total. The lowest BCUT2D eigenvalue weighted by Gasteiger charge is -2.42. The molecule has 0 aliphatic carbocycles. The van der Waals surface area contributed by atoms with Crippen molar-refractivity contribution in [3.05, 3.63) is 35.9 Å². The molecule has 1 unspecified atom stereocenters. The number of hydrogen-bond acceptors (Lipinski definition) is 3. The van der Waals surface area contributed by atoms with Gasteiger partial charge in [0.15, 0.2) is 0 Å². The number of benzene rings is 1. The third-order valence-electron chi connectivity index (χ3n) is 3.06. The Bertz CT molecular complexity index is 350. The van der Waals surface area contributed by atoms with Crippen LogP contribution in [0.1, 0.15) is 19.4 Å². The minimum Gasteiger partial charge on any atom is -0.368 e. The van der Waals surface area contributed by atoms with Crippen molar-refractivity contribution < 1.29 is 4.74 Å². The quantitative estimate of drug-likeness (QED) is 0.864. The van der Waals surface area contributed by atoms with E-state index in [9.17, 15) is 0 Å². The fourth-order valence-electron chi connectivity index (χ4n) is 2.50. The van der Waals surface area contributed by atoms with E-state index in [0.29, 0.717) is 6.54 Å². The van der Waals surface area contributed by atoms with Crippen molar-refractivity contribution in [3.63, 3.8) is 0 Å². The van der Waals surface area contributed by atoms with Gasteiger partial charge in [-0.1, -0.05) is 30.3 Å². The highest BCUT2D eigenvalue weighted by Crippen LogP contribution is 2.21. The van der Waals surface area contributed by atoms with Gasteiger partial charge < -0.3 is 10.5 Å². The number of nitrogens with two attached hydrogens (primary N) is 1. The molecular weight excluding hydrogens is 212 g/mol. The van der Waals surface area contributed by atoms with Gasteiger partial charge in [0.1, 0.15) is 0 Å². The summed E-state index contributed by atoms with van der Waals surface area (Å²) < 4.78 is 5.92. The van der Waals surface area contributed by atoms with Crippen molar-refractivity contribution in [1.82, 2.24) is 4.90 Å². The van der Waals surface area contributed by atoms with Gasteiger partial charge in [-0.25, -0.2) is 0 Å². The molecule has 17 heavy (non-hydrogen) atoms. The van der Waals surface area contributed by atoms with E-state index in [2.05, 4.69) is 49.1 Å². The number of hydrogen-bond donors (Lipinski definition) is 1. The molecule has 1 aliphatic rings. The summed E-state index contributed by atoms with van der Waals surface area (Å²) in [7, 11) is 0. The molecular formula is C14H22N2O. The van der Waals surface area contributed by atoms with Crippen LogP contribution >= 0.6 is 0 Å². The van der Waals surface area contributed by atoms with Crippen molar-refractivity contribution in [1.29, 1.82) is 0 Å². The van der Waals surface area contributed by atoms with Crippen LogP contribution in [0.5, 0.6) is 0 Å². The Morgan fingerprint density at radius 2 is 2.06 bits per heavy atom. The van der Waals surface area contributed by atoms with Crippen LogP contribution in [0.25, 0.3) is 0 Å². The maximum atomic E-state index is 5.92. The summed E-state index contributed by atoms with van der Waals surface area (Å²) in [5, 5.41) is 0. The zero-order valence-corrected chi connectivity index (χ0v) is 10.7. The minimum absolute atomic E-state index is 0.100. The third-order valence-corrected chi connectivity index (χ3v) is 3.06. The molecule has 1 atom stereocenters. The highest BCUT2D eigenvalue weighted by molar-refractivity contribution is 5.14. The van der Waals surface area contributed by atoms with Gasteiger partial charge in [-0.05, 0) is 19.4 Å². The van der Waals surface area contributed by atoms with Crippen LogP contribution in [0.4, 0.5) is 0 Å². The topological polar surface area (TPSA) is 38.5 Å². The molecule has 94 valence electrons. The molecule has 0 spiro atoms. The summed E-state index contributed by atoms with van der Waals surface area (Å²) in [6.45, 7) is 7.71. The SMILES string of the molecule is CC1(C)CN(Cc2ccccc2)CC(CN)O1. The predicted molar refractivity (Wildman–Crippen MR) is 69.7 cm³/mol. The largest absolute Gasteiger partial charge is 0.368 e. The van der Waals surface area contributed by atoms with Crippen LogP contribution in [0.15, 0.2) is 30.3 Å². The third kappa shape index (κ3) is 3.53. The summed E-state index contributed by atoms with van der Waals surface area (Å²) in [5.41, 5.74) is 6.98. The van der Waals surface area contributed by atoms with E-state index in [1.54, 1.807) is 0 Å². The van der Waals surface area contributed by atoms with Crippen LogP contribution in [0, 0.1) is 0 Å². The zero-order valence-electron chi connectivity index (χ0n) is 10.7. The first-order valence-electron chi connectivity index (χ1n) is 6.23. The molecule has 0 bridgehead atoms. The number of ether oxygens (including phenoxy) is 1.